The van der Waals surface area contributed by atoms with E-state index in [1.165, 1.54) is 0 Å². The lowest BCUT2D eigenvalue weighted by atomic mass is 10.2. The molecule has 1 aromatic rings. The summed E-state index contributed by atoms with van der Waals surface area (Å²) in [6.45, 7) is 5.88. The van der Waals surface area contributed by atoms with E-state index in [0.717, 1.165) is 28.0 Å². The normalized spacial score (nSPS) is 15.9. The molecule has 0 spiro atoms. The summed E-state index contributed by atoms with van der Waals surface area (Å²) in [7, 11) is 0. The molecule has 0 bridgehead atoms. The zero-order valence-corrected chi connectivity index (χ0v) is 14.7. The number of ether oxygens (including phenoxy) is 2. The number of nitrogens with one attached hydrogen (secondary N) is 1. The third-order valence-corrected chi connectivity index (χ3v) is 3.97. The summed E-state index contributed by atoms with van der Waals surface area (Å²) in [5.41, 5.74) is 3.47. The van der Waals surface area contributed by atoms with Crippen LogP contribution in [0.1, 0.15) is 12.5 Å². The molecule has 6 nitrogen and oxygen atoms in total. The highest BCUT2D eigenvalue weighted by Gasteiger charge is 2.13. The Morgan fingerprint density at radius 1 is 1.50 bits per heavy atom. The van der Waals surface area contributed by atoms with Gasteiger partial charge in [-0.25, -0.2) is 5.43 Å². The minimum absolute atomic E-state index is 0.112. The summed E-state index contributed by atoms with van der Waals surface area (Å²) in [5, 5.41) is 4.00. The second-order valence-electron chi connectivity index (χ2n) is 4.80. The molecule has 1 fully saturated rings. The van der Waals surface area contributed by atoms with Gasteiger partial charge >= 0.3 is 0 Å². The Bertz CT molecular complexity index is 531. The van der Waals surface area contributed by atoms with E-state index in [2.05, 4.69) is 33.1 Å². The van der Waals surface area contributed by atoms with Crippen molar-refractivity contribution in [3.63, 3.8) is 0 Å². The monoisotopic (exact) mass is 417 g/mol. The third kappa shape index (κ3) is 5.54. The number of hydrogen-bond donors (Lipinski definition) is 1. The predicted octanol–water partition coefficient (Wildman–Crippen LogP) is 1.47. The maximum Gasteiger partial charge on any atom is 0.254 e. The SMILES string of the molecule is CCOc1ccc(/C=N/NC(=O)CN2CCOCC2)cc1I. The van der Waals surface area contributed by atoms with E-state index in [-0.39, 0.29) is 5.91 Å². The van der Waals surface area contributed by atoms with Crippen LogP contribution in [0.5, 0.6) is 5.75 Å². The van der Waals surface area contributed by atoms with Gasteiger partial charge in [0.05, 0.1) is 36.2 Å². The number of halogens is 1. The summed E-state index contributed by atoms with van der Waals surface area (Å²) in [5.74, 6) is 0.746. The van der Waals surface area contributed by atoms with Gasteiger partial charge in [-0.3, -0.25) is 9.69 Å². The second-order valence-corrected chi connectivity index (χ2v) is 5.97. The van der Waals surface area contributed by atoms with Crippen molar-refractivity contribution in [1.29, 1.82) is 0 Å². The van der Waals surface area contributed by atoms with Crippen molar-refractivity contribution < 1.29 is 14.3 Å². The fourth-order valence-corrected chi connectivity index (χ4v) is 2.74. The molecular weight excluding hydrogens is 397 g/mol. The fraction of sp³-hybridized carbons (Fsp3) is 0.467. The van der Waals surface area contributed by atoms with Gasteiger partial charge in [0, 0.05) is 13.1 Å². The molecule has 120 valence electrons. The highest BCUT2D eigenvalue weighted by Crippen LogP contribution is 2.21. The summed E-state index contributed by atoms with van der Waals surface area (Å²) in [6.07, 6.45) is 1.63. The van der Waals surface area contributed by atoms with Crippen molar-refractivity contribution in [2.75, 3.05) is 39.5 Å². The molecule has 0 aromatic heterocycles. The van der Waals surface area contributed by atoms with Gasteiger partial charge in [-0.15, -0.1) is 0 Å². The Morgan fingerprint density at radius 3 is 2.95 bits per heavy atom. The van der Waals surface area contributed by atoms with Gasteiger partial charge in [-0.2, -0.15) is 5.10 Å². The first-order valence-corrected chi connectivity index (χ1v) is 8.31. The van der Waals surface area contributed by atoms with Crippen LogP contribution in [0, 0.1) is 3.57 Å². The summed E-state index contributed by atoms with van der Waals surface area (Å²) < 4.78 is 11.7. The third-order valence-electron chi connectivity index (χ3n) is 3.13. The topological polar surface area (TPSA) is 63.2 Å². The van der Waals surface area contributed by atoms with E-state index in [0.29, 0.717) is 26.4 Å². The lowest BCUT2D eigenvalue weighted by molar-refractivity contribution is -0.123. The summed E-state index contributed by atoms with van der Waals surface area (Å²) >= 11 is 2.22. The van der Waals surface area contributed by atoms with Crippen LogP contribution in [0.3, 0.4) is 0 Å². The van der Waals surface area contributed by atoms with Crippen LogP contribution in [0.25, 0.3) is 0 Å². The average Bonchev–Trinajstić information content (AvgIpc) is 2.51. The highest BCUT2D eigenvalue weighted by atomic mass is 127. The van der Waals surface area contributed by atoms with Crippen molar-refractivity contribution in [3.05, 3.63) is 27.3 Å². The van der Waals surface area contributed by atoms with Crippen LogP contribution in [0.4, 0.5) is 0 Å². The molecule has 0 aliphatic carbocycles. The van der Waals surface area contributed by atoms with Crippen molar-refractivity contribution in [2.24, 2.45) is 5.10 Å². The number of rotatable bonds is 6. The molecule has 1 amide bonds. The molecule has 0 radical (unpaired) electrons. The summed E-state index contributed by atoms with van der Waals surface area (Å²) in [6, 6.07) is 5.77. The quantitative estimate of drug-likeness (QED) is 0.433. The van der Waals surface area contributed by atoms with Gasteiger partial charge in [0.1, 0.15) is 5.75 Å². The maximum absolute atomic E-state index is 11.8. The molecule has 7 heteroatoms. The number of carbonyl (C=O) groups is 1. The number of morpholine rings is 1. The minimum Gasteiger partial charge on any atom is -0.493 e. The van der Waals surface area contributed by atoms with Crippen LogP contribution < -0.4 is 10.2 Å². The summed E-state index contributed by atoms with van der Waals surface area (Å²) in [4.78, 5) is 13.8. The Labute approximate surface area is 144 Å². The molecule has 1 aromatic carbocycles. The minimum atomic E-state index is -0.112. The highest BCUT2D eigenvalue weighted by molar-refractivity contribution is 14.1. The fourth-order valence-electron chi connectivity index (χ4n) is 2.05. The first kappa shape index (κ1) is 17.2. The van der Waals surface area contributed by atoms with Gasteiger partial charge in [0.2, 0.25) is 0 Å². The van der Waals surface area contributed by atoms with Crippen LogP contribution in [0.2, 0.25) is 0 Å². The van der Waals surface area contributed by atoms with Crippen molar-refractivity contribution in [2.45, 2.75) is 6.92 Å². The van der Waals surface area contributed by atoms with E-state index >= 15 is 0 Å². The molecule has 1 saturated heterocycles. The van der Waals surface area contributed by atoms with Crippen molar-refractivity contribution in [3.8, 4) is 5.75 Å². The zero-order chi connectivity index (χ0) is 15.8. The number of carbonyl (C=O) groups excluding carboxylic acids is 1. The van der Waals surface area contributed by atoms with Crippen molar-refractivity contribution in [1.82, 2.24) is 10.3 Å². The second kappa shape index (κ2) is 9.06. The number of benzene rings is 1. The Hall–Kier alpha value is -1.19. The number of hydrogen-bond acceptors (Lipinski definition) is 5. The van der Waals surface area contributed by atoms with Gasteiger partial charge in [0.15, 0.2) is 0 Å². The van der Waals surface area contributed by atoms with Crippen molar-refractivity contribution >= 4 is 34.7 Å². The standard InChI is InChI=1S/C15H20IN3O3/c1-2-22-14-4-3-12(9-13(14)16)10-17-18-15(20)11-19-5-7-21-8-6-19/h3-4,9-10H,2,5-8,11H2,1H3,(H,18,20)/b17-10+. The van der Waals surface area contributed by atoms with Gasteiger partial charge in [-0.1, -0.05) is 0 Å². The van der Waals surface area contributed by atoms with E-state index in [9.17, 15) is 4.79 Å². The largest absolute Gasteiger partial charge is 0.493 e. The van der Waals surface area contributed by atoms with Gasteiger partial charge < -0.3 is 9.47 Å². The number of nitrogens with zero attached hydrogens (tertiary/aromatic N) is 2. The first-order valence-electron chi connectivity index (χ1n) is 7.23. The number of hydrazone groups is 1. The van der Waals surface area contributed by atoms with Gasteiger partial charge in [-0.05, 0) is 53.3 Å². The van der Waals surface area contributed by atoms with Crippen LogP contribution >= 0.6 is 22.6 Å². The van der Waals surface area contributed by atoms with Crippen LogP contribution in [-0.4, -0.2) is 56.5 Å². The average molecular weight is 417 g/mol. The Balaban J connectivity index is 1.81. The lowest BCUT2D eigenvalue weighted by Crippen LogP contribution is -2.42. The molecule has 1 aliphatic heterocycles. The molecular formula is C15H20IN3O3. The van der Waals surface area contributed by atoms with E-state index in [1.54, 1.807) is 6.21 Å². The Kier molecular flexibility index (Phi) is 7.07. The van der Waals surface area contributed by atoms with Crippen LogP contribution in [-0.2, 0) is 9.53 Å². The molecule has 1 heterocycles. The van der Waals surface area contributed by atoms with E-state index in [4.69, 9.17) is 9.47 Å². The van der Waals surface area contributed by atoms with Gasteiger partial charge in [0.25, 0.3) is 5.91 Å². The molecule has 1 aliphatic rings. The molecule has 0 unspecified atom stereocenters. The molecule has 0 saturated carbocycles. The lowest BCUT2D eigenvalue weighted by Gasteiger charge is -2.25. The Morgan fingerprint density at radius 2 is 2.27 bits per heavy atom. The maximum atomic E-state index is 11.8. The van der Waals surface area contributed by atoms with Crippen LogP contribution in [0.15, 0.2) is 23.3 Å². The van der Waals surface area contributed by atoms with E-state index < -0.39 is 0 Å². The predicted molar refractivity (Wildman–Crippen MR) is 93.3 cm³/mol. The molecule has 0 atom stereocenters. The number of amides is 1. The molecule has 2 rings (SSSR count). The van der Waals surface area contributed by atoms with E-state index in [1.807, 2.05) is 30.0 Å². The molecule has 1 N–H and O–H groups in total. The first-order chi connectivity index (χ1) is 10.7. The zero-order valence-electron chi connectivity index (χ0n) is 12.5. The molecule has 22 heavy (non-hydrogen) atoms. The smallest absolute Gasteiger partial charge is 0.254 e.